The highest BCUT2D eigenvalue weighted by Gasteiger charge is 2.15. The lowest BCUT2D eigenvalue weighted by Crippen LogP contribution is -2.38. The number of alkyl carbamates (subject to hydrolysis) is 1. The van der Waals surface area contributed by atoms with E-state index in [4.69, 9.17) is 4.74 Å². The Hall–Kier alpha value is -2.05. The minimum atomic E-state index is -0.524. The molecule has 1 aromatic rings. The molecule has 0 unspecified atom stereocenters. The van der Waals surface area contributed by atoms with Crippen molar-refractivity contribution in [2.75, 3.05) is 13.1 Å². The minimum Gasteiger partial charge on any atom is -0.444 e. The number of nitrogens with zero attached hydrogens (tertiary/aromatic N) is 2. The highest BCUT2D eigenvalue weighted by molar-refractivity contribution is 5.76. The number of nitrogens with one attached hydrogen (secondary N) is 2. The number of imidazole rings is 1. The monoisotopic (exact) mass is 254 g/mol. The second-order valence-corrected chi connectivity index (χ2v) is 4.63. The summed E-state index contributed by atoms with van der Waals surface area (Å²) in [5.41, 5.74) is -0.524. The standard InChI is InChI=1S/C11H18N4O3/c1-11(2,3)18-10(17)14-5-4-13-9(16)15-7-6-12-8-15/h6-8H,4-5H2,1-3H3,(H,13,16)(H,14,17). The summed E-state index contributed by atoms with van der Waals surface area (Å²) in [6, 6.07) is -0.293. The van der Waals surface area contributed by atoms with E-state index in [0.29, 0.717) is 13.1 Å². The molecule has 7 heteroatoms. The van der Waals surface area contributed by atoms with Crippen LogP contribution < -0.4 is 10.6 Å². The average molecular weight is 254 g/mol. The van der Waals surface area contributed by atoms with E-state index >= 15 is 0 Å². The summed E-state index contributed by atoms with van der Waals surface area (Å²) in [6.07, 6.45) is 3.95. The lowest BCUT2D eigenvalue weighted by Gasteiger charge is -2.19. The van der Waals surface area contributed by atoms with Gasteiger partial charge in [0.25, 0.3) is 0 Å². The van der Waals surface area contributed by atoms with Crippen LogP contribution in [0.15, 0.2) is 18.7 Å². The van der Waals surface area contributed by atoms with Crippen LogP contribution in [-0.2, 0) is 4.74 Å². The van der Waals surface area contributed by atoms with Gasteiger partial charge in [0.2, 0.25) is 0 Å². The zero-order valence-electron chi connectivity index (χ0n) is 10.8. The van der Waals surface area contributed by atoms with Gasteiger partial charge in [-0.05, 0) is 20.8 Å². The number of rotatable bonds is 3. The van der Waals surface area contributed by atoms with Gasteiger partial charge in [0.15, 0.2) is 0 Å². The van der Waals surface area contributed by atoms with Crippen molar-refractivity contribution < 1.29 is 14.3 Å². The minimum absolute atomic E-state index is 0.293. The Bertz CT molecular complexity index is 395. The summed E-state index contributed by atoms with van der Waals surface area (Å²) < 4.78 is 6.35. The van der Waals surface area contributed by atoms with Crippen LogP contribution in [0.1, 0.15) is 20.8 Å². The first kappa shape index (κ1) is 14.0. The van der Waals surface area contributed by atoms with E-state index in [2.05, 4.69) is 15.6 Å². The van der Waals surface area contributed by atoms with E-state index in [1.54, 1.807) is 20.8 Å². The van der Waals surface area contributed by atoms with Crippen LogP contribution >= 0.6 is 0 Å². The molecule has 0 radical (unpaired) electrons. The number of carbonyl (C=O) groups excluding carboxylic acids is 2. The maximum atomic E-state index is 11.4. The third kappa shape index (κ3) is 5.33. The van der Waals surface area contributed by atoms with Crippen LogP contribution in [0.3, 0.4) is 0 Å². The Balaban J connectivity index is 2.16. The van der Waals surface area contributed by atoms with Gasteiger partial charge in [-0.1, -0.05) is 0 Å². The molecule has 0 aliphatic heterocycles. The van der Waals surface area contributed by atoms with Crippen LogP contribution in [0.5, 0.6) is 0 Å². The molecule has 0 spiro atoms. The number of hydrogen-bond donors (Lipinski definition) is 2. The Morgan fingerprint density at radius 2 is 1.94 bits per heavy atom. The predicted octanol–water partition coefficient (Wildman–Crippen LogP) is 0.965. The number of aromatic nitrogens is 2. The van der Waals surface area contributed by atoms with Gasteiger partial charge in [0.05, 0.1) is 0 Å². The van der Waals surface area contributed by atoms with E-state index in [1.165, 1.54) is 23.3 Å². The second-order valence-electron chi connectivity index (χ2n) is 4.63. The maximum absolute atomic E-state index is 11.4. The van der Waals surface area contributed by atoms with E-state index in [9.17, 15) is 9.59 Å². The van der Waals surface area contributed by atoms with E-state index < -0.39 is 11.7 Å². The van der Waals surface area contributed by atoms with Gasteiger partial charge in [-0.25, -0.2) is 14.6 Å². The number of ether oxygens (including phenoxy) is 1. The predicted molar refractivity (Wildman–Crippen MR) is 65.3 cm³/mol. The zero-order valence-corrected chi connectivity index (χ0v) is 10.8. The van der Waals surface area contributed by atoms with Crippen LogP contribution in [-0.4, -0.2) is 40.4 Å². The van der Waals surface area contributed by atoms with Crippen molar-refractivity contribution in [1.82, 2.24) is 20.2 Å². The Morgan fingerprint density at radius 1 is 1.28 bits per heavy atom. The van der Waals surface area contributed by atoms with Crippen molar-refractivity contribution in [3.63, 3.8) is 0 Å². The molecule has 1 heterocycles. The first-order valence-corrected chi connectivity index (χ1v) is 5.61. The molecular weight excluding hydrogens is 236 g/mol. The molecule has 0 saturated heterocycles. The SMILES string of the molecule is CC(C)(C)OC(=O)NCCNC(=O)n1ccnc1. The lowest BCUT2D eigenvalue weighted by molar-refractivity contribution is 0.0528. The molecule has 0 fully saturated rings. The third-order valence-electron chi connectivity index (χ3n) is 1.81. The molecule has 0 aliphatic rings. The van der Waals surface area contributed by atoms with Crippen LogP contribution in [0.2, 0.25) is 0 Å². The Morgan fingerprint density at radius 3 is 2.50 bits per heavy atom. The normalized spacial score (nSPS) is 10.8. The maximum Gasteiger partial charge on any atom is 0.407 e. The van der Waals surface area contributed by atoms with Gasteiger partial charge >= 0.3 is 12.1 Å². The van der Waals surface area contributed by atoms with E-state index in [-0.39, 0.29) is 6.03 Å². The van der Waals surface area contributed by atoms with Crippen molar-refractivity contribution in [2.24, 2.45) is 0 Å². The smallest absolute Gasteiger partial charge is 0.407 e. The molecule has 2 amide bonds. The first-order valence-electron chi connectivity index (χ1n) is 5.61. The van der Waals surface area contributed by atoms with Gasteiger partial charge in [0.1, 0.15) is 11.9 Å². The molecule has 18 heavy (non-hydrogen) atoms. The third-order valence-corrected chi connectivity index (χ3v) is 1.81. The summed E-state index contributed by atoms with van der Waals surface area (Å²) in [7, 11) is 0. The summed E-state index contributed by atoms with van der Waals surface area (Å²) >= 11 is 0. The van der Waals surface area contributed by atoms with Crippen molar-refractivity contribution in [3.05, 3.63) is 18.7 Å². The first-order chi connectivity index (χ1) is 8.38. The number of carbonyl (C=O) groups is 2. The average Bonchev–Trinajstić information content (AvgIpc) is 2.74. The lowest BCUT2D eigenvalue weighted by atomic mass is 10.2. The van der Waals surface area contributed by atoms with Crippen LogP contribution in [0.4, 0.5) is 9.59 Å². The molecule has 7 nitrogen and oxygen atoms in total. The molecule has 2 N–H and O–H groups in total. The fourth-order valence-electron chi connectivity index (χ4n) is 1.12. The molecule has 0 aromatic carbocycles. The highest BCUT2D eigenvalue weighted by Crippen LogP contribution is 2.05. The topological polar surface area (TPSA) is 85.3 Å². The van der Waals surface area contributed by atoms with Gasteiger partial charge in [-0.3, -0.25) is 4.57 Å². The van der Waals surface area contributed by atoms with Crippen LogP contribution in [0.25, 0.3) is 0 Å². The highest BCUT2D eigenvalue weighted by atomic mass is 16.6. The summed E-state index contributed by atoms with van der Waals surface area (Å²) in [6.45, 7) is 5.97. The fourth-order valence-corrected chi connectivity index (χ4v) is 1.12. The second kappa shape index (κ2) is 6.04. The van der Waals surface area contributed by atoms with Crippen molar-refractivity contribution in [2.45, 2.75) is 26.4 Å². The molecular formula is C11H18N4O3. The van der Waals surface area contributed by atoms with E-state index in [0.717, 1.165) is 0 Å². The zero-order chi connectivity index (χ0) is 13.6. The van der Waals surface area contributed by atoms with Gasteiger partial charge in [0, 0.05) is 25.5 Å². The van der Waals surface area contributed by atoms with Crippen molar-refractivity contribution in [1.29, 1.82) is 0 Å². The van der Waals surface area contributed by atoms with E-state index in [1.807, 2.05) is 0 Å². The molecule has 1 aromatic heterocycles. The number of hydrogen-bond acceptors (Lipinski definition) is 4. The van der Waals surface area contributed by atoms with Gasteiger partial charge in [-0.15, -0.1) is 0 Å². The summed E-state index contributed by atoms with van der Waals surface area (Å²) in [4.78, 5) is 26.5. The largest absolute Gasteiger partial charge is 0.444 e. The fraction of sp³-hybridized carbons (Fsp3) is 0.545. The van der Waals surface area contributed by atoms with Gasteiger partial charge in [-0.2, -0.15) is 0 Å². The quantitative estimate of drug-likeness (QED) is 0.787. The van der Waals surface area contributed by atoms with Gasteiger partial charge < -0.3 is 15.4 Å². The molecule has 0 saturated carbocycles. The summed E-state index contributed by atoms with van der Waals surface area (Å²) in [5, 5.41) is 5.16. The van der Waals surface area contributed by atoms with Crippen LogP contribution in [0, 0.1) is 0 Å². The van der Waals surface area contributed by atoms with Crippen molar-refractivity contribution in [3.8, 4) is 0 Å². The molecule has 0 bridgehead atoms. The molecule has 0 atom stereocenters. The number of amides is 2. The summed E-state index contributed by atoms with van der Waals surface area (Å²) in [5.74, 6) is 0. The Labute approximate surface area is 106 Å². The molecule has 0 aliphatic carbocycles. The molecule has 100 valence electrons. The molecule has 1 rings (SSSR count). The Kier molecular flexibility index (Phi) is 4.70. The van der Waals surface area contributed by atoms with Crippen molar-refractivity contribution >= 4 is 12.1 Å².